The minimum absolute atomic E-state index is 0.246. The highest BCUT2D eigenvalue weighted by Gasteiger charge is 2.19. The Morgan fingerprint density at radius 2 is 2.24 bits per heavy atom. The van der Waals surface area contributed by atoms with Crippen LogP contribution in [0, 0.1) is 0 Å². The van der Waals surface area contributed by atoms with Crippen LogP contribution in [-0.4, -0.2) is 48.3 Å². The molecule has 0 radical (unpaired) electrons. The van der Waals surface area contributed by atoms with Gasteiger partial charge in [0.2, 0.25) is 0 Å². The summed E-state index contributed by atoms with van der Waals surface area (Å²) in [6.45, 7) is 1.71. The molecule has 0 atom stereocenters. The summed E-state index contributed by atoms with van der Waals surface area (Å²) >= 11 is 0. The molecular formula is C10H18N4O3. The largest absolute Gasteiger partial charge is 0.464 e. The van der Waals surface area contributed by atoms with E-state index in [1.807, 2.05) is 0 Å². The number of esters is 1. The predicted molar refractivity (Wildman–Crippen MR) is 60.6 cm³/mol. The van der Waals surface area contributed by atoms with E-state index in [1.54, 1.807) is 11.8 Å². The Morgan fingerprint density at radius 3 is 2.82 bits per heavy atom. The monoisotopic (exact) mass is 242 g/mol. The van der Waals surface area contributed by atoms with Crippen LogP contribution in [0.4, 0.5) is 0 Å². The molecule has 96 valence electrons. The van der Waals surface area contributed by atoms with Crippen LogP contribution in [0.1, 0.15) is 22.6 Å². The van der Waals surface area contributed by atoms with Crippen LogP contribution in [0.3, 0.4) is 0 Å². The molecule has 0 spiro atoms. The van der Waals surface area contributed by atoms with Gasteiger partial charge in [-0.15, -0.1) is 5.10 Å². The lowest BCUT2D eigenvalue weighted by molar-refractivity contribution is 0.0592. The lowest BCUT2D eigenvalue weighted by Crippen LogP contribution is -2.15. The SMILES string of the molecule is COCCCn1nnc(C(=O)OC)c1CCN. The smallest absolute Gasteiger partial charge is 0.360 e. The molecule has 0 aromatic carbocycles. The number of ether oxygens (including phenoxy) is 2. The number of hydrogen-bond acceptors (Lipinski definition) is 6. The number of aryl methyl sites for hydroxylation is 1. The van der Waals surface area contributed by atoms with Gasteiger partial charge in [0.05, 0.1) is 12.8 Å². The quantitative estimate of drug-likeness (QED) is 0.516. The second kappa shape index (κ2) is 6.97. The van der Waals surface area contributed by atoms with Crippen LogP contribution >= 0.6 is 0 Å². The molecule has 1 aromatic rings. The molecule has 2 N–H and O–H groups in total. The maximum absolute atomic E-state index is 11.4. The highest BCUT2D eigenvalue weighted by atomic mass is 16.5. The molecule has 17 heavy (non-hydrogen) atoms. The first-order valence-corrected chi connectivity index (χ1v) is 5.44. The average molecular weight is 242 g/mol. The van der Waals surface area contributed by atoms with Crippen molar-refractivity contribution < 1.29 is 14.3 Å². The zero-order valence-corrected chi connectivity index (χ0v) is 10.2. The van der Waals surface area contributed by atoms with Gasteiger partial charge in [0.15, 0.2) is 5.69 Å². The number of nitrogens with zero attached hydrogens (tertiary/aromatic N) is 3. The molecule has 0 amide bonds. The third kappa shape index (κ3) is 3.50. The van der Waals surface area contributed by atoms with Crippen molar-refractivity contribution in [2.45, 2.75) is 19.4 Å². The Kier molecular flexibility index (Phi) is 5.58. The second-order valence-electron chi connectivity index (χ2n) is 3.48. The molecule has 0 aliphatic heterocycles. The maximum Gasteiger partial charge on any atom is 0.360 e. The van der Waals surface area contributed by atoms with Crippen LogP contribution in [0.25, 0.3) is 0 Å². The zero-order chi connectivity index (χ0) is 12.7. The van der Waals surface area contributed by atoms with Crippen LogP contribution < -0.4 is 5.73 Å². The Labute approximate surface area is 99.9 Å². The highest BCUT2D eigenvalue weighted by Crippen LogP contribution is 2.08. The summed E-state index contributed by atoms with van der Waals surface area (Å²) in [5.74, 6) is -0.480. The minimum Gasteiger partial charge on any atom is -0.464 e. The van der Waals surface area contributed by atoms with E-state index in [2.05, 4.69) is 15.0 Å². The first-order valence-electron chi connectivity index (χ1n) is 5.44. The number of aromatic nitrogens is 3. The Bertz CT molecular complexity index is 364. The Morgan fingerprint density at radius 1 is 1.47 bits per heavy atom. The number of rotatable bonds is 7. The molecule has 7 nitrogen and oxygen atoms in total. The molecule has 1 heterocycles. The van der Waals surface area contributed by atoms with Crippen LogP contribution in [-0.2, 0) is 22.4 Å². The molecule has 0 fully saturated rings. The van der Waals surface area contributed by atoms with E-state index in [1.165, 1.54) is 7.11 Å². The number of carbonyl (C=O) groups is 1. The van der Waals surface area contributed by atoms with E-state index < -0.39 is 5.97 Å². The van der Waals surface area contributed by atoms with E-state index in [0.29, 0.717) is 26.1 Å². The molecule has 0 bridgehead atoms. The summed E-state index contributed by atoms with van der Waals surface area (Å²) in [5, 5.41) is 7.76. The van der Waals surface area contributed by atoms with Crippen molar-refractivity contribution in [3.63, 3.8) is 0 Å². The number of hydrogen-bond donors (Lipinski definition) is 1. The third-order valence-corrected chi connectivity index (χ3v) is 2.32. The Hall–Kier alpha value is -1.47. The van der Waals surface area contributed by atoms with E-state index in [-0.39, 0.29) is 5.69 Å². The lowest BCUT2D eigenvalue weighted by atomic mass is 10.2. The molecule has 1 aromatic heterocycles. The first kappa shape index (κ1) is 13.6. The van der Waals surface area contributed by atoms with Gasteiger partial charge in [-0.05, 0) is 13.0 Å². The molecule has 0 saturated carbocycles. The molecule has 0 aliphatic rings. The minimum atomic E-state index is -0.480. The summed E-state index contributed by atoms with van der Waals surface area (Å²) in [5.41, 5.74) is 6.47. The van der Waals surface area contributed by atoms with Gasteiger partial charge in [-0.3, -0.25) is 0 Å². The lowest BCUT2D eigenvalue weighted by Gasteiger charge is -2.06. The molecule has 7 heteroatoms. The molecule has 0 aliphatic carbocycles. The fourth-order valence-electron chi connectivity index (χ4n) is 1.51. The van der Waals surface area contributed by atoms with E-state index in [0.717, 1.165) is 12.1 Å². The van der Waals surface area contributed by atoms with Crippen molar-refractivity contribution in [3.8, 4) is 0 Å². The van der Waals surface area contributed by atoms with Crippen LogP contribution in [0.15, 0.2) is 0 Å². The molecular weight excluding hydrogens is 224 g/mol. The summed E-state index contributed by atoms with van der Waals surface area (Å²) in [4.78, 5) is 11.4. The highest BCUT2D eigenvalue weighted by molar-refractivity contribution is 5.88. The number of methoxy groups -OCH3 is 2. The van der Waals surface area contributed by atoms with Crippen LogP contribution in [0.5, 0.6) is 0 Å². The normalized spacial score (nSPS) is 10.5. The van der Waals surface area contributed by atoms with Gasteiger partial charge in [0.25, 0.3) is 0 Å². The van der Waals surface area contributed by atoms with Gasteiger partial charge in [-0.25, -0.2) is 9.48 Å². The van der Waals surface area contributed by atoms with Gasteiger partial charge < -0.3 is 15.2 Å². The van der Waals surface area contributed by atoms with Crippen molar-refractivity contribution >= 4 is 5.97 Å². The Balaban J connectivity index is 2.82. The average Bonchev–Trinajstić information content (AvgIpc) is 2.73. The second-order valence-corrected chi connectivity index (χ2v) is 3.48. The summed E-state index contributed by atoms with van der Waals surface area (Å²) in [6, 6.07) is 0. The number of nitrogens with two attached hydrogens (primary N) is 1. The van der Waals surface area contributed by atoms with Gasteiger partial charge >= 0.3 is 5.97 Å². The molecule has 0 saturated heterocycles. The van der Waals surface area contributed by atoms with Crippen molar-refractivity contribution in [1.82, 2.24) is 15.0 Å². The number of carbonyl (C=O) groups excluding carboxylic acids is 1. The summed E-state index contributed by atoms with van der Waals surface area (Å²) in [6.07, 6.45) is 1.35. The standard InChI is InChI=1S/C10H18N4O3/c1-16-7-3-6-14-8(4-5-11)9(12-13-14)10(15)17-2/h3-7,11H2,1-2H3. The first-order chi connectivity index (χ1) is 8.24. The van der Waals surface area contributed by atoms with Gasteiger partial charge in [0.1, 0.15) is 0 Å². The van der Waals surface area contributed by atoms with Gasteiger partial charge in [-0.2, -0.15) is 0 Å². The fourth-order valence-corrected chi connectivity index (χ4v) is 1.51. The van der Waals surface area contributed by atoms with E-state index >= 15 is 0 Å². The van der Waals surface area contributed by atoms with Gasteiger partial charge in [-0.1, -0.05) is 5.21 Å². The van der Waals surface area contributed by atoms with Crippen molar-refractivity contribution in [3.05, 3.63) is 11.4 Å². The van der Waals surface area contributed by atoms with Crippen LogP contribution in [0.2, 0.25) is 0 Å². The van der Waals surface area contributed by atoms with Crippen molar-refractivity contribution in [1.29, 1.82) is 0 Å². The van der Waals surface area contributed by atoms with E-state index in [4.69, 9.17) is 10.5 Å². The van der Waals surface area contributed by atoms with Crippen molar-refractivity contribution in [2.24, 2.45) is 5.73 Å². The fraction of sp³-hybridized carbons (Fsp3) is 0.700. The van der Waals surface area contributed by atoms with Gasteiger partial charge in [0, 0.05) is 26.7 Å². The molecule has 0 unspecified atom stereocenters. The van der Waals surface area contributed by atoms with E-state index in [9.17, 15) is 4.79 Å². The summed E-state index contributed by atoms with van der Waals surface area (Å²) in [7, 11) is 2.96. The summed E-state index contributed by atoms with van der Waals surface area (Å²) < 4.78 is 11.3. The zero-order valence-electron chi connectivity index (χ0n) is 10.2. The third-order valence-electron chi connectivity index (χ3n) is 2.32. The molecule has 1 rings (SSSR count). The predicted octanol–water partition coefficient (Wildman–Crippen LogP) is -0.398. The maximum atomic E-state index is 11.4. The topological polar surface area (TPSA) is 92.3 Å². The van der Waals surface area contributed by atoms with Crippen molar-refractivity contribution in [2.75, 3.05) is 27.4 Å².